The number of amides is 1. The number of carbonyl (C=O) groups excluding carboxylic acids is 1. The van der Waals surface area contributed by atoms with Crippen LogP contribution in [0.2, 0.25) is 0 Å². The Hall–Kier alpha value is -1.60. The van der Waals surface area contributed by atoms with Gasteiger partial charge in [0.1, 0.15) is 0 Å². The Morgan fingerprint density at radius 3 is 2.55 bits per heavy atom. The van der Waals surface area contributed by atoms with Crippen LogP contribution in [0.15, 0.2) is 24.3 Å². The molecule has 0 aromatic heterocycles. The van der Waals surface area contributed by atoms with Crippen LogP contribution in [0.3, 0.4) is 0 Å². The minimum Gasteiger partial charge on any atom is -0.326 e. The number of benzene rings is 1. The third-order valence-electron chi connectivity index (χ3n) is 3.51. The molecule has 1 atom stereocenters. The third kappa shape index (κ3) is 5.31. The van der Waals surface area contributed by atoms with Crippen LogP contribution in [0.25, 0.3) is 0 Å². The molecule has 1 heterocycles. The van der Waals surface area contributed by atoms with Gasteiger partial charge in [-0.25, -0.2) is 8.42 Å². The first-order valence-corrected chi connectivity index (χ1v) is 9.27. The summed E-state index contributed by atoms with van der Waals surface area (Å²) in [7, 11) is -3.28. The van der Waals surface area contributed by atoms with E-state index in [1.54, 1.807) is 24.3 Å². The van der Waals surface area contributed by atoms with Crippen molar-refractivity contribution in [3.63, 3.8) is 0 Å². The summed E-state index contributed by atoms with van der Waals surface area (Å²) in [6.45, 7) is 2.79. The van der Waals surface area contributed by atoms with Crippen LogP contribution in [0, 0.1) is 0 Å². The van der Waals surface area contributed by atoms with E-state index >= 15 is 0 Å². The quantitative estimate of drug-likeness (QED) is 0.715. The van der Waals surface area contributed by atoms with Crippen molar-refractivity contribution < 1.29 is 13.2 Å². The van der Waals surface area contributed by atoms with Crippen LogP contribution in [0.1, 0.15) is 32.6 Å². The first-order chi connectivity index (χ1) is 10.5. The van der Waals surface area contributed by atoms with Gasteiger partial charge in [-0.15, -0.1) is 0 Å². The number of carbonyl (C=O) groups is 1. The summed E-state index contributed by atoms with van der Waals surface area (Å²) in [4.78, 5) is 11.9. The molecule has 122 valence electrons. The number of sulfonamides is 1. The van der Waals surface area contributed by atoms with E-state index in [1.807, 2.05) is 6.92 Å². The van der Waals surface area contributed by atoms with Gasteiger partial charge in [-0.3, -0.25) is 9.52 Å². The fourth-order valence-corrected chi connectivity index (χ4v) is 3.62. The van der Waals surface area contributed by atoms with Crippen molar-refractivity contribution in [1.82, 2.24) is 5.32 Å². The van der Waals surface area contributed by atoms with Crippen molar-refractivity contribution in [1.29, 1.82) is 0 Å². The van der Waals surface area contributed by atoms with Gasteiger partial charge in [0.25, 0.3) is 0 Å². The van der Waals surface area contributed by atoms with E-state index in [1.165, 1.54) is 0 Å². The summed E-state index contributed by atoms with van der Waals surface area (Å²) in [5.41, 5.74) is 1.17. The fourth-order valence-electron chi connectivity index (χ4n) is 2.49. The molecule has 3 N–H and O–H groups in total. The van der Waals surface area contributed by atoms with Crippen molar-refractivity contribution in [3.8, 4) is 0 Å². The van der Waals surface area contributed by atoms with E-state index in [-0.39, 0.29) is 17.7 Å². The van der Waals surface area contributed by atoms with Gasteiger partial charge < -0.3 is 10.6 Å². The zero-order chi connectivity index (χ0) is 16.0. The average Bonchev–Trinajstić information content (AvgIpc) is 2.93. The zero-order valence-corrected chi connectivity index (χ0v) is 13.6. The maximum Gasteiger partial charge on any atom is 0.232 e. The molecule has 0 spiro atoms. The minimum absolute atomic E-state index is 0.0290. The molecule has 1 saturated heterocycles. The van der Waals surface area contributed by atoms with Crippen LogP contribution < -0.4 is 15.4 Å². The maximum atomic E-state index is 11.9. The second kappa shape index (κ2) is 7.60. The van der Waals surface area contributed by atoms with Crippen molar-refractivity contribution in [2.75, 3.05) is 22.3 Å². The van der Waals surface area contributed by atoms with Crippen LogP contribution in [-0.2, 0) is 14.8 Å². The standard InChI is InChI=1S/C15H23N3O3S/c1-2-10-22(20,21)18-13-7-5-12(6-8-13)17-15(19)11-14-4-3-9-16-14/h5-8,14,16,18H,2-4,9-11H2,1H3,(H,17,19). The molecule has 1 aliphatic heterocycles. The van der Waals surface area contributed by atoms with E-state index in [0.717, 1.165) is 19.4 Å². The molecule has 0 aliphatic carbocycles. The highest BCUT2D eigenvalue weighted by atomic mass is 32.2. The number of nitrogens with one attached hydrogen (secondary N) is 3. The molecule has 6 nitrogen and oxygen atoms in total. The summed E-state index contributed by atoms with van der Waals surface area (Å²) in [5, 5.41) is 6.11. The van der Waals surface area contributed by atoms with E-state index < -0.39 is 10.0 Å². The Kier molecular flexibility index (Phi) is 5.79. The number of anilines is 2. The molecule has 1 fully saturated rings. The summed E-state index contributed by atoms with van der Waals surface area (Å²) >= 11 is 0. The second-order valence-corrected chi connectivity index (χ2v) is 7.39. The first kappa shape index (κ1) is 16.8. The lowest BCUT2D eigenvalue weighted by molar-refractivity contribution is -0.116. The Labute approximate surface area is 131 Å². The van der Waals surface area contributed by atoms with Gasteiger partial charge in [0.15, 0.2) is 0 Å². The SMILES string of the molecule is CCCS(=O)(=O)Nc1ccc(NC(=O)CC2CCCN2)cc1. The Morgan fingerprint density at radius 1 is 1.27 bits per heavy atom. The molecular weight excluding hydrogens is 302 g/mol. The predicted octanol–water partition coefficient (Wildman–Crippen LogP) is 1.92. The van der Waals surface area contributed by atoms with Crippen LogP contribution in [-0.4, -0.2) is 32.7 Å². The number of hydrogen-bond acceptors (Lipinski definition) is 4. The summed E-state index contributed by atoms with van der Waals surface area (Å²) in [6, 6.07) is 6.96. The molecule has 1 aromatic carbocycles. The molecular formula is C15H23N3O3S. The van der Waals surface area contributed by atoms with Gasteiger partial charge in [-0.1, -0.05) is 6.92 Å². The van der Waals surface area contributed by atoms with Gasteiger partial charge in [-0.2, -0.15) is 0 Å². The highest BCUT2D eigenvalue weighted by Crippen LogP contribution is 2.16. The lowest BCUT2D eigenvalue weighted by atomic mass is 10.1. The van der Waals surface area contributed by atoms with Gasteiger partial charge in [0, 0.05) is 23.8 Å². The normalized spacial score (nSPS) is 18.1. The first-order valence-electron chi connectivity index (χ1n) is 7.62. The molecule has 7 heteroatoms. The van der Waals surface area contributed by atoms with Crippen molar-refractivity contribution in [2.45, 2.75) is 38.6 Å². The lowest BCUT2D eigenvalue weighted by Crippen LogP contribution is -2.27. The van der Waals surface area contributed by atoms with E-state index in [0.29, 0.717) is 24.2 Å². The lowest BCUT2D eigenvalue weighted by Gasteiger charge is -2.11. The van der Waals surface area contributed by atoms with Gasteiger partial charge in [0.05, 0.1) is 5.75 Å². The molecule has 0 saturated carbocycles. The number of hydrogen-bond donors (Lipinski definition) is 3. The molecule has 1 unspecified atom stereocenters. The minimum atomic E-state index is -3.28. The largest absolute Gasteiger partial charge is 0.326 e. The second-order valence-electron chi connectivity index (χ2n) is 5.54. The fraction of sp³-hybridized carbons (Fsp3) is 0.533. The maximum absolute atomic E-state index is 11.9. The van der Waals surface area contributed by atoms with Crippen LogP contribution >= 0.6 is 0 Å². The zero-order valence-electron chi connectivity index (χ0n) is 12.8. The Balaban J connectivity index is 1.87. The molecule has 22 heavy (non-hydrogen) atoms. The van der Waals surface area contributed by atoms with Crippen molar-refractivity contribution in [2.24, 2.45) is 0 Å². The molecule has 1 aliphatic rings. The smallest absolute Gasteiger partial charge is 0.232 e. The van der Waals surface area contributed by atoms with Crippen LogP contribution in [0.4, 0.5) is 11.4 Å². The molecule has 1 amide bonds. The van der Waals surface area contributed by atoms with E-state index in [4.69, 9.17) is 0 Å². The Bertz CT molecular complexity index is 593. The van der Waals surface area contributed by atoms with E-state index in [9.17, 15) is 13.2 Å². The van der Waals surface area contributed by atoms with Gasteiger partial charge in [-0.05, 0) is 50.1 Å². The highest BCUT2D eigenvalue weighted by Gasteiger charge is 2.17. The van der Waals surface area contributed by atoms with Crippen LogP contribution in [0.5, 0.6) is 0 Å². The molecule has 0 radical (unpaired) electrons. The summed E-state index contributed by atoms with van der Waals surface area (Å²) in [5.74, 6) is 0.0681. The number of rotatable bonds is 7. The predicted molar refractivity (Wildman–Crippen MR) is 88.4 cm³/mol. The van der Waals surface area contributed by atoms with Gasteiger partial charge in [0.2, 0.25) is 15.9 Å². The third-order valence-corrected chi connectivity index (χ3v) is 5.00. The average molecular weight is 325 g/mol. The molecule has 2 rings (SSSR count). The molecule has 1 aromatic rings. The monoisotopic (exact) mass is 325 g/mol. The summed E-state index contributed by atoms with van der Waals surface area (Å²) in [6.07, 6.45) is 3.18. The van der Waals surface area contributed by atoms with E-state index in [2.05, 4.69) is 15.4 Å². The van der Waals surface area contributed by atoms with Gasteiger partial charge >= 0.3 is 0 Å². The topological polar surface area (TPSA) is 87.3 Å². The summed E-state index contributed by atoms with van der Waals surface area (Å²) < 4.78 is 25.8. The Morgan fingerprint density at radius 2 is 1.95 bits per heavy atom. The van der Waals surface area contributed by atoms with Crippen molar-refractivity contribution in [3.05, 3.63) is 24.3 Å². The van der Waals surface area contributed by atoms with Crippen molar-refractivity contribution >= 4 is 27.3 Å². The highest BCUT2D eigenvalue weighted by molar-refractivity contribution is 7.92. The molecule has 0 bridgehead atoms.